The standard InChI is InChI=1S/C26H21ClN2O4/c1-15(2)22(29-25(32)18-10-6-7-11-19(18)26(29)33)24(31)28-21-13-12-17(27)14-20(21)23(30)16-8-4-3-5-9-16/h3-15,22H,1-2H3,(H,28,31)/t22-/m0/s1. The monoisotopic (exact) mass is 460 g/mol. The van der Waals surface area contributed by atoms with Crippen LogP contribution >= 0.6 is 11.6 Å². The normalized spacial score (nSPS) is 13.8. The highest BCUT2D eigenvalue weighted by molar-refractivity contribution is 6.31. The first-order valence-corrected chi connectivity index (χ1v) is 10.8. The number of nitrogens with zero attached hydrogens (tertiary/aromatic N) is 1. The molecular formula is C26H21ClN2O4. The average molecular weight is 461 g/mol. The van der Waals surface area contributed by atoms with Gasteiger partial charge in [-0.2, -0.15) is 0 Å². The number of anilines is 1. The molecular weight excluding hydrogens is 440 g/mol. The number of amides is 3. The summed E-state index contributed by atoms with van der Waals surface area (Å²) in [6, 6.07) is 18.6. The number of hydrogen-bond donors (Lipinski definition) is 1. The highest BCUT2D eigenvalue weighted by Gasteiger charge is 2.44. The van der Waals surface area contributed by atoms with E-state index in [4.69, 9.17) is 11.6 Å². The summed E-state index contributed by atoms with van der Waals surface area (Å²) in [7, 11) is 0. The van der Waals surface area contributed by atoms with Crippen LogP contribution in [0.25, 0.3) is 0 Å². The summed E-state index contributed by atoms with van der Waals surface area (Å²) >= 11 is 6.13. The van der Waals surface area contributed by atoms with Crippen molar-refractivity contribution in [2.75, 3.05) is 5.32 Å². The van der Waals surface area contributed by atoms with Crippen LogP contribution in [0, 0.1) is 5.92 Å². The largest absolute Gasteiger partial charge is 0.324 e. The van der Waals surface area contributed by atoms with Crippen molar-refractivity contribution in [2.45, 2.75) is 19.9 Å². The molecule has 1 aliphatic heterocycles. The molecule has 3 aromatic rings. The molecule has 0 bridgehead atoms. The molecule has 0 radical (unpaired) electrons. The first kappa shape index (κ1) is 22.4. The van der Waals surface area contributed by atoms with E-state index in [2.05, 4.69) is 5.32 Å². The van der Waals surface area contributed by atoms with Gasteiger partial charge < -0.3 is 5.32 Å². The van der Waals surface area contributed by atoms with Gasteiger partial charge in [0.05, 0.1) is 16.8 Å². The fourth-order valence-corrected chi connectivity index (χ4v) is 4.12. The predicted molar refractivity (Wildman–Crippen MR) is 126 cm³/mol. The Labute approximate surface area is 196 Å². The van der Waals surface area contributed by atoms with Crippen LogP contribution in [0.3, 0.4) is 0 Å². The molecule has 4 rings (SSSR count). The van der Waals surface area contributed by atoms with Gasteiger partial charge in [-0.3, -0.25) is 24.1 Å². The maximum absolute atomic E-state index is 13.4. The van der Waals surface area contributed by atoms with Crippen LogP contribution in [0.2, 0.25) is 5.02 Å². The van der Waals surface area contributed by atoms with E-state index in [-0.39, 0.29) is 34.1 Å². The third kappa shape index (κ3) is 4.17. The van der Waals surface area contributed by atoms with E-state index in [9.17, 15) is 19.2 Å². The van der Waals surface area contributed by atoms with Gasteiger partial charge in [0, 0.05) is 16.1 Å². The highest BCUT2D eigenvalue weighted by Crippen LogP contribution is 2.29. The lowest BCUT2D eigenvalue weighted by Gasteiger charge is -2.28. The number of carbonyl (C=O) groups is 4. The Morgan fingerprint density at radius 1 is 0.848 bits per heavy atom. The lowest BCUT2D eigenvalue weighted by molar-refractivity contribution is -0.121. The van der Waals surface area contributed by atoms with Crippen molar-refractivity contribution in [3.63, 3.8) is 0 Å². The predicted octanol–water partition coefficient (Wildman–Crippen LogP) is 4.83. The van der Waals surface area contributed by atoms with Crippen molar-refractivity contribution in [1.82, 2.24) is 4.90 Å². The summed E-state index contributed by atoms with van der Waals surface area (Å²) < 4.78 is 0. The number of rotatable bonds is 6. The average Bonchev–Trinajstić information content (AvgIpc) is 3.06. The molecule has 1 N–H and O–H groups in total. The number of benzene rings is 3. The minimum absolute atomic E-state index is 0.215. The molecule has 1 atom stereocenters. The maximum atomic E-state index is 13.4. The van der Waals surface area contributed by atoms with Gasteiger partial charge in [-0.1, -0.05) is 67.9 Å². The van der Waals surface area contributed by atoms with Crippen molar-refractivity contribution in [3.8, 4) is 0 Å². The summed E-state index contributed by atoms with van der Waals surface area (Å²) in [4.78, 5) is 53.4. The van der Waals surface area contributed by atoms with Crippen LogP contribution in [0.15, 0.2) is 72.8 Å². The SMILES string of the molecule is CC(C)[C@@H](C(=O)Nc1ccc(Cl)cc1C(=O)c1ccccc1)N1C(=O)c2ccccc2C1=O. The van der Waals surface area contributed by atoms with Crippen LogP contribution in [0.1, 0.15) is 50.5 Å². The molecule has 0 fully saturated rings. The van der Waals surface area contributed by atoms with E-state index >= 15 is 0 Å². The van der Waals surface area contributed by atoms with Crippen LogP contribution in [0.4, 0.5) is 5.69 Å². The summed E-state index contributed by atoms with van der Waals surface area (Å²) in [6.07, 6.45) is 0. The molecule has 166 valence electrons. The lowest BCUT2D eigenvalue weighted by atomic mass is 9.99. The lowest BCUT2D eigenvalue weighted by Crippen LogP contribution is -2.50. The fourth-order valence-electron chi connectivity index (χ4n) is 3.94. The number of ketones is 1. The van der Waals surface area contributed by atoms with Crippen LogP contribution in [0.5, 0.6) is 0 Å². The molecule has 0 saturated heterocycles. The van der Waals surface area contributed by atoms with Crippen molar-refractivity contribution in [3.05, 3.63) is 100 Å². The van der Waals surface area contributed by atoms with Gasteiger partial charge in [-0.05, 0) is 36.2 Å². The maximum Gasteiger partial charge on any atom is 0.262 e. The van der Waals surface area contributed by atoms with Crippen molar-refractivity contribution in [2.24, 2.45) is 5.92 Å². The van der Waals surface area contributed by atoms with Crippen molar-refractivity contribution < 1.29 is 19.2 Å². The minimum Gasteiger partial charge on any atom is -0.324 e. The van der Waals surface area contributed by atoms with Gasteiger partial charge in [0.15, 0.2) is 5.78 Å². The zero-order valence-electron chi connectivity index (χ0n) is 18.0. The summed E-state index contributed by atoms with van der Waals surface area (Å²) in [6.45, 7) is 3.51. The van der Waals surface area contributed by atoms with Crippen LogP contribution in [-0.2, 0) is 4.79 Å². The Hall–Kier alpha value is -3.77. The molecule has 1 aliphatic rings. The zero-order valence-corrected chi connectivity index (χ0v) is 18.8. The summed E-state index contributed by atoms with van der Waals surface area (Å²) in [5, 5.41) is 3.09. The molecule has 0 unspecified atom stereocenters. The first-order chi connectivity index (χ1) is 15.8. The molecule has 0 aromatic heterocycles. The Balaban J connectivity index is 1.67. The van der Waals surface area contributed by atoms with E-state index in [1.807, 2.05) is 0 Å². The quantitative estimate of drug-likeness (QED) is 0.422. The fraction of sp³-hybridized carbons (Fsp3) is 0.154. The zero-order chi connectivity index (χ0) is 23.7. The smallest absolute Gasteiger partial charge is 0.262 e. The van der Waals surface area contributed by atoms with Crippen molar-refractivity contribution >= 4 is 40.8 Å². The molecule has 6 nitrogen and oxygen atoms in total. The molecule has 0 spiro atoms. The van der Waals surface area contributed by atoms with E-state index in [0.717, 1.165) is 4.90 Å². The Kier molecular flexibility index (Phi) is 6.11. The van der Waals surface area contributed by atoms with E-state index < -0.39 is 23.8 Å². The number of hydrogen-bond acceptors (Lipinski definition) is 4. The van der Waals surface area contributed by atoms with Crippen LogP contribution in [-0.4, -0.2) is 34.4 Å². The Morgan fingerprint density at radius 2 is 1.42 bits per heavy atom. The van der Waals surface area contributed by atoms with E-state index in [0.29, 0.717) is 10.6 Å². The van der Waals surface area contributed by atoms with E-state index in [1.54, 1.807) is 74.5 Å². The summed E-state index contributed by atoms with van der Waals surface area (Å²) in [5.41, 5.74) is 1.45. The Bertz CT molecular complexity index is 1240. The molecule has 0 aliphatic carbocycles. The van der Waals surface area contributed by atoms with Crippen molar-refractivity contribution in [1.29, 1.82) is 0 Å². The number of fused-ring (bicyclic) bond motifs is 1. The van der Waals surface area contributed by atoms with Gasteiger partial charge in [0.2, 0.25) is 5.91 Å². The number of halogens is 1. The third-order valence-corrected chi connectivity index (χ3v) is 5.76. The molecule has 3 aromatic carbocycles. The number of nitrogens with one attached hydrogen (secondary N) is 1. The minimum atomic E-state index is -1.06. The van der Waals surface area contributed by atoms with Gasteiger partial charge in [0.1, 0.15) is 6.04 Å². The van der Waals surface area contributed by atoms with Gasteiger partial charge in [-0.25, -0.2) is 0 Å². The number of imide groups is 1. The first-order valence-electron chi connectivity index (χ1n) is 10.5. The van der Waals surface area contributed by atoms with Crippen LogP contribution < -0.4 is 5.32 Å². The Morgan fingerprint density at radius 3 is 2.00 bits per heavy atom. The second-order valence-electron chi connectivity index (χ2n) is 8.09. The molecule has 3 amide bonds. The van der Waals surface area contributed by atoms with Gasteiger partial charge >= 0.3 is 0 Å². The summed E-state index contributed by atoms with van der Waals surface area (Å²) in [5.74, 6) is -2.27. The topological polar surface area (TPSA) is 83.6 Å². The molecule has 7 heteroatoms. The third-order valence-electron chi connectivity index (χ3n) is 5.52. The molecule has 0 saturated carbocycles. The van der Waals surface area contributed by atoms with Gasteiger partial charge in [-0.15, -0.1) is 0 Å². The highest BCUT2D eigenvalue weighted by atomic mass is 35.5. The second kappa shape index (κ2) is 9.00. The molecule has 1 heterocycles. The molecule has 33 heavy (non-hydrogen) atoms. The van der Waals surface area contributed by atoms with E-state index in [1.165, 1.54) is 12.1 Å². The van der Waals surface area contributed by atoms with Gasteiger partial charge in [0.25, 0.3) is 11.8 Å². The second-order valence-corrected chi connectivity index (χ2v) is 8.53. The number of carbonyl (C=O) groups excluding carboxylic acids is 4.